The summed E-state index contributed by atoms with van der Waals surface area (Å²) in [5.41, 5.74) is 0.391. The lowest BCUT2D eigenvalue weighted by Gasteiger charge is -2.24. The van der Waals surface area contributed by atoms with Gasteiger partial charge in [-0.25, -0.2) is 8.42 Å². The van der Waals surface area contributed by atoms with Crippen LogP contribution in [0.5, 0.6) is 5.75 Å². The Morgan fingerprint density at radius 3 is 2.31 bits per heavy atom. The van der Waals surface area contributed by atoms with E-state index in [4.69, 9.17) is 33.0 Å². The molecule has 2 aromatic carbocycles. The van der Waals surface area contributed by atoms with Gasteiger partial charge in [-0.3, -0.25) is 9.10 Å². The molecule has 0 fully saturated rings. The van der Waals surface area contributed by atoms with E-state index in [0.29, 0.717) is 11.4 Å². The number of benzene rings is 2. The molecule has 0 atom stereocenters. The van der Waals surface area contributed by atoms with Gasteiger partial charge in [0.05, 0.1) is 27.7 Å². The molecule has 6 nitrogen and oxygen atoms in total. The van der Waals surface area contributed by atoms with Crippen LogP contribution in [0.3, 0.4) is 0 Å². The second-order valence-corrected chi connectivity index (χ2v) is 8.03. The number of nitrogens with zero attached hydrogens (tertiary/aromatic N) is 1. The van der Waals surface area contributed by atoms with Crippen molar-refractivity contribution >= 4 is 44.9 Å². The molecule has 140 valence electrons. The highest BCUT2D eigenvalue weighted by Gasteiger charge is 2.25. The third-order valence-corrected chi connectivity index (χ3v) is 6.15. The van der Waals surface area contributed by atoms with Crippen LogP contribution in [0, 0.1) is 0 Å². The number of aliphatic carboxylic acids is 1. The summed E-state index contributed by atoms with van der Waals surface area (Å²) < 4.78 is 32.4. The van der Waals surface area contributed by atoms with Crippen LogP contribution in [0.15, 0.2) is 47.4 Å². The quantitative estimate of drug-likeness (QED) is 0.699. The molecule has 0 radical (unpaired) electrons. The maximum Gasteiger partial charge on any atom is 0.303 e. The first-order chi connectivity index (χ1) is 12.3. The van der Waals surface area contributed by atoms with Gasteiger partial charge in [-0.15, -0.1) is 0 Å². The molecule has 1 N–H and O–H groups in total. The molecule has 2 rings (SSSR count). The number of hydrogen-bond donors (Lipinski definition) is 1. The number of hydrogen-bond acceptors (Lipinski definition) is 4. The largest absolute Gasteiger partial charge is 0.497 e. The number of ether oxygens (including phenoxy) is 1. The van der Waals surface area contributed by atoms with E-state index in [-0.39, 0.29) is 34.3 Å². The van der Waals surface area contributed by atoms with Crippen molar-refractivity contribution in [1.82, 2.24) is 0 Å². The number of rotatable bonds is 8. The molecule has 0 heterocycles. The number of halogens is 2. The third-order valence-electron chi connectivity index (χ3n) is 3.59. The van der Waals surface area contributed by atoms with E-state index < -0.39 is 16.0 Å². The Morgan fingerprint density at radius 1 is 1.12 bits per heavy atom. The summed E-state index contributed by atoms with van der Waals surface area (Å²) >= 11 is 11.8. The minimum absolute atomic E-state index is 0.00120. The van der Waals surface area contributed by atoms with Crippen LogP contribution in [0.25, 0.3) is 0 Å². The Kier molecular flexibility index (Phi) is 6.75. The van der Waals surface area contributed by atoms with E-state index in [2.05, 4.69) is 0 Å². The molecule has 0 bridgehead atoms. The molecule has 0 spiro atoms. The van der Waals surface area contributed by atoms with Crippen molar-refractivity contribution in [2.45, 2.75) is 17.7 Å². The first-order valence-electron chi connectivity index (χ1n) is 7.59. The van der Waals surface area contributed by atoms with Crippen molar-refractivity contribution < 1.29 is 23.1 Å². The van der Waals surface area contributed by atoms with Crippen molar-refractivity contribution in [2.24, 2.45) is 0 Å². The molecule has 0 aliphatic carbocycles. The molecule has 0 aliphatic rings. The topological polar surface area (TPSA) is 83.9 Å². The second-order valence-electron chi connectivity index (χ2n) is 5.35. The number of sulfonamides is 1. The molecule has 0 aromatic heterocycles. The zero-order chi connectivity index (χ0) is 19.3. The molecule has 26 heavy (non-hydrogen) atoms. The SMILES string of the molecule is COc1ccc(N(CCCC(=O)O)S(=O)(=O)c2ccc(Cl)c(Cl)c2)cc1. The van der Waals surface area contributed by atoms with Gasteiger partial charge in [0.25, 0.3) is 10.0 Å². The molecule has 0 saturated heterocycles. The highest BCUT2D eigenvalue weighted by molar-refractivity contribution is 7.92. The fourth-order valence-corrected chi connectivity index (χ4v) is 4.17. The number of anilines is 1. The van der Waals surface area contributed by atoms with Crippen molar-refractivity contribution in [3.63, 3.8) is 0 Å². The average Bonchev–Trinajstić information content (AvgIpc) is 2.60. The molecule has 9 heteroatoms. The van der Waals surface area contributed by atoms with Crippen LogP contribution in [0.1, 0.15) is 12.8 Å². The van der Waals surface area contributed by atoms with Gasteiger partial charge in [-0.2, -0.15) is 0 Å². The summed E-state index contributed by atoms with van der Waals surface area (Å²) in [5.74, 6) is -0.419. The van der Waals surface area contributed by atoms with E-state index in [0.717, 1.165) is 4.31 Å². The monoisotopic (exact) mass is 417 g/mol. The average molecular weight is 418 g/mol. The lowest BCUT2D eigenvalue weighted by Crippen LogP contribution is -2.32. The molecule has 0 unspecified atom stereocenters. The van der Waals surface area contributed by atoms with E-state index in [1.807, 2.05) is 0 Å². The Balaban J connectivity index is 2.42. The summed E-state index contributed by atoms with van der Waals surface area (Å²) in [5, 5.41) is 9.20. The van der Waals surface area contributed by atoms with Gasteiger partial charge in [0.1, 0.15) is 5.75 Å². The first kappa shape index (κ1) is 20.4. The normalized spacial score (nSPS) is 11.2. The predicted octanol–water partition coefficient (Wildman–Crippen LogP) is 4.06. The van der Waals surface area contributed by atoms with Crippen LogP contribution in [0.2, 0.25) is 10.0 Å². The Labute approximate surface area is 162 Å². The highest BCUT2D eigenvalue weighted by Crippen LogP contribution is 2.30. The summed E-state index contributed by atoms with van der Waals surface area (Å²) in [4.78, 5) is 10.8. The predicted molar refractivity (Wildman–Crippen MR) is 101 cm³/mol. The Hall–Kier alpha value is -1.96. The third kappa shape index (κ3) is 4.81. The smallest absolute Gasteiger partial charge is 0.303 e. The molecule has 0 saturated carbocycles. The van der Waals surface area contributed by atoms with Crippen LogP contribution in [-0.4, -0.2) is 33.1 Å². The lowest BCUT2D eigenvalue weighted by atomic mass is 10.2. The summed E-state index contributed by atoms with van der Waals surface area (Å²) in [6.45, 7) is 0.00120. The van der Waals surface area contributed by atoms with E-state index in [1.54, 1.807) is 24.3 Å². The van der Waals surface area contributed by atoms with Gasteiger partial charge in [-0.1, -0.05) is 23.2 Å². The van der Waals surface area contributed by atoms with E-state index >= 15 is 0 Å². The summed E-state index contributed by atoms with van der Waals surface area (Å²) in [7, 11) is -2.45. The van der Waals surface area contributed by atoms with Crippen molar-refractivity contribution in [1.29, 1.82) is 0 Å². The van der Waals surface area contributed by atoms with Crippen molar-refractivity contribution in [2.75, 3.05) is 18.0 Å². The van der Waals surface area contributed by atoms with Crippen molar-refractivity contribution in [3.05, 3.63) is 52.5 Å². The zero-order valence-corrected chi connectivity index (χ0v) is 16.2. The Morgan fingerprint density at radius 2 is 1.77 bits per heavy atom. The first-order valence-corrected chi connectivity index (χ1v) is 9.79. The van der Waals surface area contributed by atoms with Gasteiger partial charge in [-0.05, 0) is 48.9 Å². The summed E-state index contributed by atoms with van der Waals surface area (Å²) in [6.07, 6.45) is 0.00542. The number of carbonyl (C=O) groups is 1. The van der Waals surface area contributed by atoms with Gasteiger partial charge in [0, 0.05) is 13.0 Å². The standard InChI is InChI=1S/C17H17Cl2NO5S/c1-25-13-6-4-12(5-7-13)20(10-2-3-17(21)22)26(23,24)14-8-9-15(18)16(19)11-14/h4-9,11H,2-3,10H2,1H3,(H,21,22). The fraction of sp³-hybridized carbons (Fsp3) is 0.235. The Bertz CT molecular complexity index is 885. The number of carboxylic acids is 1. The molecular weight excluding hydrogens is 401 g/mol. The van der Waals surface area contributed by atoms with E-state index in [1.165, 1.54) is 25.3 Å². The van der Waals surface area contributed by atoms with Crippen LogP contribution >= 0.6 is 23.2 Å². The van der Waals surface area contributed by atoms with E-state index in [9.17, 15) is 13.2 Å². The minimum Gasteiger partial charge on any atom is -0.497 e. The maximum atomic E-state index is 13.1. The molecule has 2 aromatic rings. The number of carboxylic acid groups (broad SMARTS) is 1. The fourth-order valence-electron chi connectivity index (χ4n) is 2.27. The maximum absolute atomic E-state index is 13.1. The van der Waals surface area contributed by atoms with Gasteiger partial charge in [0.2, 0.25) is 0 Å². The molecule has 0 amide bonds. The van der Waals surface area contributed by atoms with Crippen LogP contribution in [-0.2, 0) is 14.8 Å². The van der Waals surface area contributed by atoms with Gasteiger partial charge < -0.3 is 9.84 Å². The van der Waals surface area contributed by atoms with Crippen LogP contribution in [0.4, 0.5) is 5.69 Å². The highest BCUT2D eigenvalue weighted by atomic mass is 35.5. The zero-order valence-electron chi connectivity index (χ0n) is 13.9. The van der Waals surface area contributed by atoms with Crippen LogP contribution < -0.4 is 9.04 Å². The lowest BCUT2D eigenvalue weighted by molar-refractivity contribution is -0.137. The minimum atomic E-state index is -3.95. The van der Waals surface area contributed by atoms with Crippen molar-refractivity contribution in [3.8, 4) is 5.75 Å². The van der Waals surface area contributed by atoms with Gasteiger partial charge >= 0.3 is 5.97 Å². The number of methoxy groups -OCH3 is 1. The second kappa shape index (κ2) is 8.62. The van der Waals surface area contributed by atoms with Gasteiger partial charge in [0.15, 0.2) is 0 Å². The summed E-state index contributed by atoms with van der Waals surface area (Å²) in [6, 6.07) is 10.5. The molecular formula is C17H17Cl2NO5S. The molecule has 0 aliphatic heterocycles.